The van der Waals surface area contributed by atoms with Gasteiger partial charge in [0.05, 0.1) is 11.2 Å². The fraction of sp³-hybridized carbons (Fsp3) is 0.375. The first-order valence-corrected chi connectivity index (χ1v) is 8.65. The normalized spacial score (nSPS) is 12.3. The van der Waals surface area contributed by atoms with Crippen molar-refractivity contribution in [1.29, 1.82) is 0 Å². The van der Waals surface area contributed by atoms with Crippen LogP contribution in [0.2, 0.25) is 0 Å². The molecule has 118 valence electrons. The number of pyridine rings is 1. The average molecular weight is 320 g/mol. The number of fused-ring (bicyclic) bond motifs is 1. The van der Waals surface area contributed by atoms with Gasteiger partial charge in [0.15, 0.2) is 0 Å². The maximum absolute atomic E-state index is 11.5. The lowest BCUT2D eigenvalue weighted by molar-refractivity contribution is 0.0697. The largest absolute Gasteiger partial charge is 0.478 e. The molecular weight excluding hydrogens is 300 g/mol. The van der Waals surface area contributed by atoms with Crippen molar-refractivity contribution in [2.75, 3.05) is 23.4 Å². The van der Waals surface area contributed by atoms with Gasteiger partial charge in [-0.25, -0.2) is 4.79 Å². The summed E-state index contributed by atoms with van der Waals surface area (Å²) in [5.74, 6) is 0.0688. The van der Waals surface area contributed by atoms with Gasteiger partial charge in [-0.05, 0) is 25.0 Å². The lowest BCUT2D eigenvalue weighted by Crippen LogP contribution is -2.15. The molecule has 0 aliphatic rings. The van der Waals surface area contributed by atoms with Crippen LogP contribution in [0, 0.1) is 13.8 Å². The molecule has 0 spiro atoms. The van der Waals surface area contributed by atoms with E-state index in [1.54, 1.807) is 0 Å². The molecule has 5 nitrogen and oxygen atoms in total. The van der Waals surface area contributed by atoms with E-state index < -0.39 is 16.8 Å². The van der Waals surface area contributed by atoms with Crippen molar-refractivity contribution in [3.8, 4) is 0 Å². The molecule has 2 aromatic rings. The van der Waals surface area contributed by atoms with Gasteiger partial charge in [0.1, 0.15) is 5.56 Å². The van der Waals surface area contributed by atoms with Gasteiger partial charge in [0.2, 0.25) is 0 Å². The van der Waals surface area contributed by atoms with E-state index in [1.807, 2.05) is 32.9 Å². The average Bonchev–Trinajstić information content (AvgIpc) is 2.50. The lowest BCUT2D eigenvalue weighted by atomic mass is 10.0. The molecule has 0 fully saturated rings. The third-order valence-corrected chi connectivity index (χ3v) is 5.05. The number of carboxylic acids is 1. The van der Waals surface area contributed by atoms with E-state index >= 15 is 0 Å². The molecule has 2 N–H and O–H groups in total. The number of benzene rings is 1. The van der Waals surface area contributed by atoms with Crippen molar-refractivity contribution in [1.82, 2.24) is 4.98 Å². The summed E-state index contributed by atoms with van der Waals surface area (Å²) >= 11 is 0. The second-order valence-corrected chi connectivity index (χ2v) is 6.98. The molecule has 1 aromatic heterocycles. The van der Waals surface area contributed by atoms with Crippen LogP contribution in [0.1, 0.15) is 28.4 Å². The number of hydrogen-bond donors (Lipinski definition) is 2. The van der Waals surface area contributed by atoms with Gasteiger partial charge in [-0.3, -0.25) is 9.19 Å². The molecule has 1 unspecified atom stereocenters. The number of carboxylic acid groups (broad SMARTS) is 1. The van der Waals surface area contributed by atoms with E-state index in [0.29, 0.717) is 23.7 Å². The standard InChI is InChI=1S/C16H20N2O3S/c1-4-22(21)8-7-17-15-12-6-5-10(2)11(3)14(12)18-9-13(15)16(19)20/h5-6,9H,4,7-8H2,1-3H3,(H,17,18)(H,19,20). The Morgan fingerprint density at radius 3 is 2.73 bits per heavy atom. The van der Waals surface area contributed by atoms with Crippen molar-refractivity contribution in [2.24, 2.45) is 0 Å². The molecule has 1 heterocycles. The number of aromatic carboxylic acids is 1. The summed E-state index contributed by atoms with van der Waals surface area (Å²) in [7, 11) is -0.885. The van der Waals surface area contributed by atoms with Gasteiger partial charge in [0.25, 0.3) is 0 Å². The number of aryl methyl sites for hydroxylation is 2. The van der Waals surface area contributed by atoms with Gasteiger partial charge in [0, 0.05) is 40.4 Å². The summed E-state index contributed by atoms with van der Waals surface area (Å²) in [6.45, 7) is 6.31. The Kier molecular flexibility index (Phi) is 5.13. The molecule has 6 heteroatoms. The molecule has 0 amide bonds. The number of rotatable bonds is 6. The van der Waals surface area contributed by atoms with E-state index in [2.05, 4.69) is 10.3 Å². The molecule has 0 aliphatic heterocycles. The Bertz CT molecular complexity index is 744. The van der Waals surface area contributed by atoms with Gasteiger partial charge >= 0.3 is 5.97 Å². The Hall–Kier alpha value is -1.95. The second kappa shape index (κ2) is 6.87. The number of hydrogen-bond acceptors (Lipinski definition) is 4. The van der Waals surface area contributed by atoms with Crippen molar-refractivity contribution >= 4 is 33.4 Å². The molecule has 1 atom stereocenters. The van der Waals surface area contributed by atoms with Crippen LogP contribution in [0.4, 0.5) is 5.69 Å². The van der Waals surface area contributed by atoms with Crippen LogP contribution in [-0.4, -0.2) is 38.3 Å². The van der Waals surface area contributed by atoms with Crippen molar-refractivity contribution in [2.45, 2.75) is 20.8 Å². The second-order valence-electron chi connectivity index (χ2n) is 5.12. The topological polar surface area (TPSA) is 79.3 Å². The maximum Gasteiger partial charge on any atom is 0.339 e. The summed E-state index contributed by atoms with van der Waals surface area (Å²) in [4.78, 5) is 15.7. The quantitative estimate of drug-likeness (QED) is 0.855. The fourth-order valence-electron chi connectivity index (χ4n) is 2.29. The number of carbonyl (C=O) groups is 1. The van der Waals surface area contributed by atoms with Crippen LogP contribution in [0.3, 0.4) is 0 Å². The van der Waals surface area contributed by atoms with E-state index in [4.69, 9.17) is 0 Å². The number of aromatic nitrogens is 1. The van der Waals surface area contributed by atoms with Gasteiger partial charge in [-0.1, -0.05) is 19.1 Å². The highest BCUT2D eigenvalue weighted by molar-refractivity contribution is 7.84. The van der Waals surface area contributed by atoms with Gasteiger partial charge < -0.3 is 10.4 Å². The third-order valence-electron chi connectivity index (χ3n) is 3.75. The molecule has 0 radical (unpaired) electrons. The van der Waals surface area contributed by atoms with Crippen molar-refractivity contribution in [3.63, 3.8) is 0 Å². The van der Waals surface area contributed by atoms with E-state index in [9.17, 15) is 14.1 Å². The Balaban J connectivity index is 2.47. The first kappa shape index (κ1) is 16.4. The van der Waals surface area contributed by atoms with Gasteiger partial charge in [-0.15, -0.1) is 0 Å². The smallest absolute Gasteiger partial charge is 0.339 e. The van der Waals surface area contributed by atoms with E-state index in [0.717, 1.165) is 22.0 Å². The van der Waals surface area contributed by atoms with Gasteiger partial charge in [-0.2, -0.15) is 0 Å². The van der Waals surface area contributed by atoms with Crippen LogP contribution in [0.25, 0.3) is 10.9 Å². The zero-order valence-corrected chi connectivity index (χ0v) is 13.8. The minimum atomic E-state index is -1.02. The summed E-state index contributed by atoms with van der Waals surface area (Å²) < 4.78 is 11.5. The van der Waals surface area contributed by atoms with E-state index in [-0.39, 0.29) is 5.56 Å². The molecular formula is C16H20N2O3S. The molecule has 0 aliphatic carbocycles. The predicted molar refractivity (Wildman–Crippen MR) is 90.2 cm³/mol. The lowest BCUT2D eigenvalue weighted by Gasteiger charge is -2.14. The molecule has 0 bridgehead atoms. The summed E-state index contributed by atoms with van der Waals surface area (Å²) in [5, 5.41) is 13.3. The predicted octanol–water partition coefficient (Wildman–Crippen LogP) is 2.73. The zero-order chi connectivity index (χ0) is 16.3. The Labute approximate surface area is 132 Å². The van der Waals surface area contributed by atoms with Crippen LogP contribution in [0.5, 0.6) is 0 Å². The molecule has 0 saturated carbocycles. The molecule has 2 rings (SSSR count). The summed E-state index contributed by atoms with van der Waals surface area (Å²) in [6, 6.07) is 3.84. The Morgan fingerprint density at radius 2 is 2.09 bits per heavy atom. The highest BCUT2D eigenvalue weighted by Crippen LogP contribution is 2.29. The molecule has 22 heavy (non-hydrogen) atoms. The SMILES string of the molecule is CCS(=O)CCNc1c(C(=O)O)cnc2c(C)c(C)ccc12. The highest BCUT2D eigenvalue weighted by atomic mass is 32.2. The first-order valence-electron chi connectivity index (χ1n) is 7.16. The molecule has 1 aromatic carbocycles. The van der Waals surface area contributed by atoms with Crippen LogP contribution >= 0.6 is 0 Å². The maximum atomic E-state index is 11.5. The van der Waals surface area contributed by atoms with Crippen LogP contribution < -0.4 is 5.32 Å². The van der Waals surface area contributed by atoms with Crippen LogP contribution in [0.15, 0.2) is 18.3 Å². The number of nitrogens with one attached hydrogen (secondary N) is 1. The third kappa shape index (κ3) is 3.27. The monoisotopic (exact) mass is 320 g/mol. The van der Waals surface area contributed by atoms with Crippen molar-refractivity contribution in [3.05, 3.63) is 35.0 Å². The summed E-state index contributed by atoms with van der Waals surface area (Å²) in [5.41, 5.74) is 3.63. The number of nitrogens with zero attached hydrogens (tertiary/aromatic N) is 1. The van der Waals surface area contributed by atoms with Crippen LogP contribution in [-0.2, 0) is 10.8 Å². The molecule has 0 saturated heterocycles. The minimum Gasteiger partial charge on any atom is -0.478 e. The minimum absolute atomic E-state index is 0.137. The summed E-state index contributed by atoms with van der Waals surface area (Å²) in [6.07, 6.45) is 1.39. The Morgan fingerprint density at radius 1 is 1.36 bits per heavy atom. The van der Waals surface area contributed by atoms with Crippen molar-refractivity contribution < 1.29 is 14.1 Å². The highest BCUT2D eigenvalue weighted by Gasteiger charge is 2.16. The first-order chi connectivity index (χ1) is 10.5. The zero-order valence-electron chi connectivity index (χ0n) is 13.0. The fourth-order valence-corrected chi connectivity index (χ4v) is 2.91. The number of anilines is 1. The van der Waals surface area contributed by atoms with E-state index in [1.165, 1.54) is 6.20 Å².